The molecule has 0 aliphatic carbocycles. The molecular weight excluding hydrogens is 361 g/mol. The van der Waals surface area contributed by atoms with Crippen molar-refractivity contribution in [3.63, 3.8) is 0 Å². The molecule has 2 rings (SSSR count). The van der Waals surface area contributed by atoms with E-state index in [4.69, 9.17) is 18.9 Å². The summed E-state index contributed by atoms with van der Waals surface area (Å²) in [5.74, 6) is 0.566. The SMILES string of the molecule is CCCCOCC(C)Oc1cccc2c1B(O)OC2CNC(=O)OC(C)(C)C. The molecule has 0 aromatic heterocycles. The second kappa shape index (κ2) is 10.1. The lowest BCUT2D eigenvalue weighted by Gasteiger charge is -2.21. The number of hydrogen-bond donors (Lipinski definition) is 2. The second-order valence-corrected chi connectivity index (χ2v) is 7.98. The van der Waals surface area contributed by atoms with Gasteiger partial charge < -0.3 is 29.2 Å². The Morgan fingerprint density at radius 1 is 1.39 bits per heavy atom. The van der Waals surface area contributed by atoms with E-state index in [1.54, 1.807) is 26.8 Å². The van der Waals surface area contributed by atoms with Gasteiger partial charge in [-0.25, -0.2) is 4.79 Å². The first kappa shape index (κ1) is 22.5. The van der Waals surface area contributed by atoms with Crippen LogP contribution >= 0.6 is 0 Å². The zero-order valence-electron chi connectivity index (χ0n) is 17.5. The maximum absolute atomic E-state index is 11.9. The summed E-state index contributed by atoms with van der Waals surface area (Å²) in [5, 5.41) is 13.1. The molecule has 2 N–H and O–H groups in total. The summed E-state index contributed by atoms with van der Waals surface area (Å²) >= 11 is 0. The number of amides is 1. The van der Waals surface area contributed by atoms with Crippen LogP contribution in [0.1, 0.15) is 59.1 Å². The Labute approximate surface area is 167 Å². The molecule has 1 aromatic carbocycles. The average Bonchev–Trinajstić information content (AvgIpc) is 2.93. The van der Waals surface area contributed by atoms with Gasteiger partial charge in [-0.3, -0.25) is 0 Å². The van der Waals surface area contributed by atoms with Crippen molar-refractivity contribution in [2.75, 3.05) is 19.8 Å². The molecule has 0 fully saturated rings. The van der Waals surface area contributed by atoms with Crippen LogP contribution in [-0.2, 0) is 14.1 Å². The summed E-state index contributed by atoms with van der Waals surface area (Å²) in [5.41, 5.74) is 0.813. The minimum Gasteiger partial charge on any atom is -0.489 e. The molecule has 2 atom stereocenters. The number of ether oxygens (including phenoxy) is 3. The van der Waals surface area contributed by atoms with Crippen LogP contribution in [0.25, 0.3) is 0 Å². The lowest BCUT2D eigenvalue weighted by Crippen LogP contribution is -2.35. The molecule has 1 aromatic rings. The molecule has 0 radical (unpaired) electrons. The van der Waals surface area contributed by atoms with E-state index in [0.717, 1.165) is 18.4 Å². The van der Waals surface area contributed by atoms with Crippen molar-refractivity contribution in [1.82, 2.24) is 5.32 Å². The third-order valence-electron chi connectivity index (χ3n) is 4.14. The first-order valence-electron chi connectivity index (χ1n) is 9.89. The molecule has 0 spiro atoms. The largest absolute Gasteiger partial charge is 0.495 e. The van der Waals surface area contributed by atoms with Gasteiger partial charge in [0.05, 0.1) is 12.7 Å². The number of carbonyl (C=O) groups excluding carboxylic acids is 1. The zero-order chi connectivity index (χ0) is 20.7. The highest BCUT2D eigenvalue weighted by Gasteiger charge is 2.38. The Kier molecular flexibility index (Phi) is 8.16. The first-order valence-corrected chi connectivity index (χ1v) is 9.89. The molecule has 1 aliphatic rings. The van der Waals surface area contributed by atoms with Gasteiger partial charge in [0.1, 0.15) is 17.5 Å². The van der Waals surface area contributed by atoms with Crippen molar-refractivity contribution >= 4 is 18.7 Å². The van der Waals surface area contributed by atoms with Crippen LogP contribution in [0.15, 0.2) is 18.2 Å². The van der Waals surface area contributed by atoms with E-state index >= 15 is 0 Å². The molecule has 1 aliphatic heterocycles. The van der Waals surface area contributed by atoms with Crippen molar-refractivity contribution in [3.8, 4) is 5.75 Å². The number of carbonyl (C=O) groups is 1. The van der Waals surface area contributed by atoms with E-state index in [1.165, 1.54) is 0 Å². The second-order valence-electron chi connectivity index (χ2n) is 7.98. The fraction of sp³-hybridized carbons (Fsp3) is 0.650. The lowest BCUT2D eigenvalue weighted by atomic mass is 9.78. The number of fused-ring (bicyclic) bond motifs is 1. The standard InChI is InChI=1S/C20H32BNO6/c1-6-7-11-25-13-14(2)26-16-10-8-9-15-17(28-21(24)18(15)16)12-22-19(23)27-20(3,4)5/h8-10,14,17,24H,6-7,11-13H2,1-5H3,(H,22,23). The van der Waals surface area contributed by atoms with Gasteiger partial charge in [-0.1, -0.05) is 25.5 Å². The van der Waals surface area contributed by atoms with Gasteiger partial charge in [-0.05, 0) is 45.7 Å². The molecule has 156 valence electrons. The van der Waals surface area contributed by atoms with Crippen LogP contribution in [0.3, 0.4) is 0 Å². The van der Waals surface area contributed by atoms with Crippen molar-refractivity contribution < 1.29 is 28.7 Å². The first-order chi connectivity index (χ1) is 13.2. The van der Waals surface area contributed by atoms with Crippen LogP contribution in [0, 0.1) is 0 Å². The molecule has 8 heteroatoms. The minimum absolute atomic E-state index is 0.158. The fourth-order valence-electron chi connectivity index (χ4n) is 2.90. The van der Waals surface area contributed by atoms with Crippen molar-refractivity contribution in [2.24, 2.45) is 0 Å². The average molecular weight is 393 g/mol. The van der Waals surface area contributed by atoms with Gasteiger partial charge in [-0.15, -0.1) is 0 Å². The van der Waals surface area contributed by atoms with E-state index in [2.05, 4.69) is 12.2 Å². The highest BCUT2D eigenvalue weighted by Crippen LogP contribution is 2.27. The predicted octanol–water partition coefficient (Wildman–Crippen LogP) is 2.55. The summed E-state index contributed by atoms with van der Waals surface area (Å²) in [6.45, 7) is 10.8. The van der Waals surface area contributed by atoms with Crippen LogP contribution < -0.4 is 15.5 Å². The number of unbranched alkanes of at least 4 members (excludes halogenated alkanes) is 1. The number of alkyl carbamates (subject to hydrolysis) is 1. The van der Waals surface area contributed by atoms with E-state index < -0.39 is 24.9 Å². The summed E-state index contributed by atoms with van der Waals surface area (Å²) in [4.78, 5) is 11.9. The van der Waals surface area contributed by atoms with Crippen molar-refractivity contribution in [2.45, 2.75) is 65.3 Å². The van der Waals surface area contributed by atoms with Crippen LogP contribution in [0.5, 0.6) is 5.75 Å². The van der Waals surface area contributed by atoms with Gasteiger partial charge in [-0.2, -0.15) is 0 Å². The smallest absolute Gasteiger partial charge is 0.489 e. The molecular formula is C20H32BNO6. The Morgan fingerprint density at radius 2 is 2.14 bits per heavy atom. The highest BCUT2D eigenvalue weighted by atomic mass is 16.6. The zero-order valence-corrected chi connectivity index (χ0v) is 17.5. The normalized spacial score (nSPS) is 17.2. The van der Waals surface area contributed by atoms with Gasteiger partial charge >= 0.3 is 13.2 Å². The van der Waals surface area contributed by atoms with E-state index in [-0.39, 0.29) is 12.6 Å². The van der Waals surface area contributed by atoms with E-state index in [1.807, 2.05) is 19.1 Å². The van der Waals surface area contributed by atoms with Gasteiger partial charge in [0.2, 0.25) is 0 Å². The van der Waals surface area contributed by atoms with Crippen molar-refractivity contribution in [1.29, 1.82) is 0 Å². The van der Waals surface area contributed by atoms with Crippen molar-refractivity contribution in [3.05, 3.63) is 23.8 Å². The Bertz CT molecular complexity index is 648. The minimum atomic E-state index is -1.11. The molecule has 2 unspecified atom stereocenters. The van der Waals surface area contributed by atoms with Crippen LogP contribution in [0.2, 0.25) is 0 Å². The third kappa shape index (κ3) is 6.69. The monoisotopic (exact) mass is 393 g/mol. The quantitative estimate of drug-likeness (QED) is 0.496. The summed E-state index contributed by atoms with van der Waals surface area (Å²) < 4.78 is 22.4. The maximum atomic E-state index is 11.9. The molecule has 1 heterocycles. The molecule has 0 bridgehead atoms. The molecule has 0 saturated carbocycles. The molecule has 1 amide bonds. The van der Waals surface area contributed by atoms with E-state index in [9.17, 15) is 9.82 Å². The van der Waals surface area contributed by atoms with Crippen LogP contribution in [-0.4, -0.2) is 49.7 Å². The fourth-order valence-corrected chi connectivity index (χ4v) is 2.90. The Hall–Kier alpha value is -1.77. The highest BCUT2D eigenvalue weighted by molar-refractivity contribution is 6.62. The third-order valence-corrected chi connectivity index (χ3v) is 4.14. The van der Waals surface area contributed by atoms with Gasteiger partial charge in [0, 0.05) is 18.6 Å². The van der Waals surface area contributed by atoms with Gasteiger partial charge in [0.15, 0.2) is 0 Å². The number of nitrogens with one attached hydrogen (secondary N) is 1. The summed E-state index contributed by atoms with van der Waals surface area (Å²) in [7, 11) is -1.11. The maximum Gasteiger partial charge on any atom is 0.495 e. The van der Waals surface area contributed by atoms with E-state index in [0.29, 0.717) is 24.4 Å². The Balaban J connectivity index is 1.97. The number of rotatable bonds is 9. The number of hydrogen-bond acceptors (Lipinski definition) is 6. The predicted molar refractivity (Wildman–Crippen MR) is 108 cm³/mol. The Morgan fingerprint density at radius 3 is 2.82 bits per heavy atom. The summed E-state index contributed by atoms with van der Waals surface area (Å²) in [6, 6.07) is 5.51. The molecule has 7 nitrogen and oxygen atoms in total. The topological polar surface area (TPSA) is 86.3 Å². The molecule has 28 heavy (non-hydrogen) atoms. The van der Waals surface area contributed by atoms with Crippen LogP contribution in [0.4, 0.5) is 4.79 Å². The number of benzene rings is 1. The summed E-state index contributed by atoms with van der Waals surface area (Å²) in [6.07, 6.45) is 0.951. The molecule has 0 saturated heterocycles. The lowest BCUT2D eigenvalue weighted by molar-refractivity contribution is 0.0498. The van der Waals surface area contributed by atoms with Gasteiger partial charge in [0.25, 0.3) is 0 Å².